The minimum absolute atomic E-state index is 0.0436. The molecule has 1 aromatic heterocycles. The van der Waals surface area contributed by atoms with Crippen molar-refractivity contribution in [1.29, 1.82) is 0 Å². The molecule has 0 aliphatic rings. The van der Waals surface area contributed by atoms with E-state index in [4.69, 9.17) is 5.73 Å². The second-order valence-electron chi connectivity index (χ2n) is 3.40. The van der Waals surface area contributed by atoms with Gasteiger partial charge in [0.25, 0.3) is 0 Å². The van der Waals surface area contributed by atoms with Crippen LogP contribution >= 0.6 is 0 Å². The summed E-state index contributed by atoms with van der Waals surface area (Å²) in [7, 11) is 0. The Kier molecular flexibility index (Phi) is 3.98. The van der Waals surface area contributed by atoms with Gasteiger partial charge < -0.3 is 11.1 Å². The first-order chi connectivity index (χ1) is 7.56. The number of hydrogen-bond acceptors (Lipinski definition) is 6. The summed E-state index contributed by atoms with van der Waals surface area (Å²) >= 11 is 0. The maximum absolute atomic E-state index is 10.8. The van der Waals surface area contributed by atoms with Crippen molar-refractivity contribution in [2.24, 2.45) is 0 Å². The van der Waals surface area contributed by atoms with Crippen molar-refractivity contribution in [2.75, 3.05) is 17.6 Å². The van der Waals surface area contributed by atoms with Crippen LogP contribution in [0.25, 0.3) is 0 Å². The number of nitrogens with one attached hydrogen (secondary N) is 1. The zero-order valence-electron chi connectivity index (χ0n) is 9.36. The summed E-state index contributed by atoms with van der Waals surface area (Å²) in [6.45, 7) is 4.21. The Morgan fingerprint density at radius 1 is 1.50 bits per heavy atom. The van der Waals surface area contributed by atoms with E-state index in [0.717, 1.165) is 12.8 Å². The molecule has 0 spiro atoms. The summed E-state index contributed by atoms with van der Waals surface area (Å²) in [5, 5.41) is 13.7. The van der Waals surface area contributed by atoms with Crippen molar-refractivity contribution in [3.8, 4) is 0 Å². The molecule has 16 heavy (non-hydrogen) atoms. The SMILES string of the molecule is CCCCNc1nc(N)nc(C)c1[N+](=O)[O-]. The molecule has 0 fully saturated rings. The van der Waals surface area contributed by atoms with Gasteiger partial charge in [-0.3, -0.25) is 10.1 Å². The van der Waals surface area contributed by atoms with Crippen molar-refractivity contribution in [3.05, 3.63) is 15.8 Å². The molecule has 0 aromatic carbocycles. The third kappa shape index (κ3) is 2.78. The second-order valence-corrected chi connectivity index (χ2v) is 3.40. The van der Waals surface area contributed by atoms with Gasteiger partial charge in [-0.2, -0.15) is 4.98 Å². The molecular formula is C9H15N5O2. The van der Waals surface area contributed by atoms with Gasteiger partial charge in [0.05, 0.1) is 4.92 Å². The van der Waals surface area contributed by atoms with Crippen LogP contribution in [0.15, 0.2) is 0 Å². The number of hydrogen-bond donors (Lipinski definition) is 2. The van der Waals surface area contributed by atoms with Gasteiger partial charge in [0, 0.05) is 6.54 Å². The lowest BCUT2D eigenvalue weighted by Crippen LogP contribution is -2.10. The first-order valence-corrected chi connectivity index (χ1v) is 5.08. The molecule has 0 saturated heterocycles. The molecule has 88 valence electrons. The monoisotopic (exact) mass is 225 g/mol. The largest absolute Gasteiger partial charge is 0.368 e. The van der Waals surface area contributed by atoms with E-state index >= 15 is 0 Å². The maximum Gasteiger partial charge on any atom is 0.332 e. The van der Waals surface area contributed by atoms with Crippen molar-refractivity contribution < 1.29 is 4.92 Å². The van der Waals surface area contributed by atoms with Gasteiger partial charge in [-0.05, 0) is 13.3 Å². The lowest BCUT2D eigenvalue weighted by Gasteiger charge is -2.07. The zero-order valence-corrected chi connectivity index (χ0v) is 9.36. The van der Waals surface area contributed by atoms with E-state index in [9.17, 15) is 10.1 Å². The molecule has 0 atom stereocenters. The first kappa shape index (κ1) is 12.2. The number of anilines is 2. The van der Waals surface area contributed by atoms with E-state index in [1.54, 1.807) is 6.92 Å². The Balaban J connectivity index is 2.99. The number of rotatable bonds is 5. The molecule has 1 aromatic rings. The Hall–Kier alpha value is -1.92. The van der Waals surface area contributed by atoms with Crippen molar-refractivity contribution in [2.45, 2.75) is 26.7 Å². The van der Waals surface area contributed by atoms with E-state index < -0.39 is 4.92 Å². The molecule has 1 heterocycles. The summed E-state index contributed by atoms with van der Waals surface area (Å²) in [6.07, 6.45) is 1.92. The summed E-state index contributed by atoms with van der Waals surface area (Å²) in [6, 6.07) is 0. The minimum Gasteiger partial charge on any atom is -0.368 e. The topological polar surface area (TPSA) is 107 Å². The lowest BCUT2D eigenvalue weighted by molar-refractivity contribution is -0.385. The van der Waals surface area contributed by atoms with Gasteiger partial charge in [-0.25, -0.2) is 4.98 Å². The molecule has 7 heteroatoms. The number of unbranched alkanes of at least 4 members (excludes halogenated alkanes) is 1. The summed E-state index contributed by atoms with van der Waals surface area (Å²) in [4.78, 5) is 17.9. The van der Waals surface area contributed by atoms with Crippen molar-refractivity contribution >= 4 is 17.5 Å². The minimum atomic E-state index is -0.497. The van der Waals surface area contributed by atoms with Gasteiger partial charge in [-0.15, -0.1) is 0 Å². The number of aromatic nitrogens is 2. The number of aryl methyl sites for hydroxylation is 1. The van der Waals surface area contributed by atoms with E-state index in [1.807, 2.05) is 6.92 Å². The molecule has 1 rings (SSSR count). The highest BCUT2D eigenvalue weighted by molar-refractivity contribution is 5.60. The van der Waals surface area contributed by atoms with E-state index in [0.29, 0.717) is 6.54 Å². The maximum atomic E-state index is 10.8. The molecule has 3 N–H and O–H groups in total. The second kappa shape index (κ2) is 5.24. The van der Waals surface area contributed by atoms with Crippen LogP contribution in [-0.4, -0.2) is 21.4 Å². The molecule has 0 bridgehead atoms. The highest BCUT2D eigenvalue weighted by Crippen LogP contribution is 2.25. The van der Waals surface area contributed by atoms with Crippen LogP contribution in [0.5, 0.6) is 0 Å². The Morgan fingerprint density at radius 3 is 2.75 bits per heavy atom. The van der Waals surface area contributed by atoms with Crippen LogP contribution in [0.1, 0.15) is 25.5 Å². The average molecular weight is 225 g/mol. The third-order valence-electron chi connectivity index (χ3n) is 2.08. The fraction of sp³-hybridized carbons (Fsp3) is 0.556. The Bertz CT molecular complexity index is 394. The van der Waals surface area contributed by atoms with Gasteiger partial charge in [0.1, 0.15) is 5.69 Å². The molecule has 0 saturated carbocycles. The van der Waals surface area contributed by atoms with Gasteiger partial charge in [0.2, 0.25) is 11.8 Å². The van der Waals surface area contributed by atoms with Crippen LogP contribution in [0.3, 0.4) is 0 Å². The number of nitro groups is 1. The van der Waals surface area contributed by atoms with Crippen LogP contribution in [0, 0.1) is 17.0 Å². The van der Waals surface area contributed by atoms with Crippen molar-refractivity contribution in [3.63, 3.8) is 0 Å². The highest BCUT2D eigenvalue weighted by atomic mass is 16.6. The number of nitrogens with zero attached hydrogens (tertiary/aromatic N) is 3. The fourth-order valence-electron chi connectivity index (χ4n) is 1.31. The van der Waals surface area contributed by atoms with Crippen LogP contribution in [-0.2, 0) is 0 Å². The molecule has 0 radical (unpaired) electrons. The van der Waals surface area contributed by atoms with Crippen LogP contribution in [0.4, 0.5) is 17.5 Å². The fourth-order valence-corrected chi connectivity index (χ4v) is 1.31. The Morgan fingerprint density at radius 2 is 2.19 bits per heavy atom. The molecular weight excluding hydrogens is 210 g/mol. The van der Waals surface area contributed by atoms with Crippen LogP contribution in [0.2, 0.25) is 0 Å². The number of nitrogens with two attached hydrogens (primary N) is 1. The normalized spacial score (nSPS) is 10.1. The molecule has 0 amide bonds. The van der Waals surface area contributed by atoms with E-state index in [-0.39, 0.29) is 23.1 Å². The molecule has 0 aliphatic heterocycles. The first-order valence-electron chi connectivity index (χ1n) is 5.08. The zero-order chi connectivity index (χ0) is 12.1. The van der Waals surface area contributed by atoms with E-state index in [2.05, 4.69) is 15.3 Å². The van der Waals surface area contributed by atoms with Crippen molar-refractivity contribution in [1.82, 2.24) is 9.97 Å². The summed E-state index contributed by atoms with van der Waals surface area (Å²) in [5.74, 6) is 0.241. The van der Waals surface area contributed by atoms with E-state index in [1.165, 1.54) is 0 Å². The summed E-state index contributed by atoms with van der Waals surface area (Å²) in [5.41, 5.74) is 5.62. The van der Waals surface area contributed by atoms with Gasteiger partial charge in [-0.1, -0.05) is 13.3 Å². The Labute approximate surface area is 93.2 Å². The summed E-state index contributed by atoms with van der Waals surface area (Å²) < 4.78 is 0. The predicted molar refractivity (Wildman–Crippen MR) is 61.2 cm³/mol. The quantitative estimate of drug-likeness (QED) is 0.446. The molecule has 0 unspecified atom stereocenters. The molecule has 0 aliphatic carbocycles. The molecule has 7 nitrogen and oxygen atoms in total. The smallest absolute Gasteiger partial charge is 0.332 e. The predicted octanol–water partition coefficient (Wildman–Crippen LogP) is 1.49. The highest BCUT2D eigenvalue weighted by Gasteiger charge is 2.20. The third-order valence-corrected chi connectivity index (χ3v) is 2.08. The average Bonchev–Trinajstić information content (AvgIpc) is 2.16. The lowest BCUT2D eigenvalue weighted by atomic mass is 10.3. The standard InChI is InChI=1S/C9H15N5O2/c1-3-4-5-11-8-7(14(15)16)6(2)12-9(10)13-8/h3-5H2,1-2H3,(H3,10,11,12,13). The van der Waals surface area contributed by atoms with Gasteiger partial charge in [0.15, 0.2) is 0 Å². The van der Waals surface area contributed by atoms with Crippen LogP contribution < -0.4 is 11.1 Å². The number of nitrogen functional groups attached to an aromatic ring is 1. The van der Waals surface area contributed by atoms with Gasteiger partial charge >= 0.3 is 5.69 Å².